The van der Waals surface area contributed by atoms with Crippen molar-refractivity contribution in [2.75, 3.05) is 0 Å². The molecule has 0 aliphatic heterocycles. The Morgan fingerprint density at radius 1 is 0.651 bits per heavy atom. The molecule has 2 aliphatic rings. The van der Waals surface area contributed by atoms with Crippen molar-refractivity contribution in [3.63, 3.8) is 0 Å². The summed E-state index contributed by atoms with van der Waals surface area (Å²) in [6.45, 7) is 4.31. The van der Waals surface area contributed by atoms with Crippen LogP contribution in [0.25, 0.3) is 0 Å². The summed E-state index contributed by atoms with van der Waals surface area (Å²) < 4.78 is 2.78. The first-order chi connectivity index (χ1) is 20.5. The lowest BCUT2D eigenvalue weighted by Gasteiger charge is -2.22. The summed E-state index contributed by atoms with van der Waals surface area (Å²) in [4.78, 5) is 0. The first kappa shape index (κ1) is 38.2. The summed E-state index contributed by atoms with van der Waals surface area (Å²) in [6.07, 6.45) is 22.8. The molecule has 2 aromatic carbocycles. The highest BCUT2D eigenvalue weighted by Gasteiger charge is 2.26. The van der Waals surface area contributed by atoms with Crippen LogP contribution in [0.2, 0.25) is 0 Å². The van der Waals surface area contributed by atoms with E-state index in [4.69, 9.17) is 5.11 Å². The van der Waals surface area contributed by atoms with E-state index in [1.54, 1.807) is 0 Å². The third-order valence-corrected chi connectivity index (χ3v) is 11.1. The summed E-state index contributed by atoms with van der Waals surface area (Å²) in [5.74, 6) is 0.651. The van der Waals surface area contributed by atoms with Gasteiger partial charge in [-0.15, -0.1) is 0 Å². The van der Waals surface area contributed by atoms with Gasteiger partial charge in [0, 0.05) is 17.5 Å². The van der Waals surface area contributed by atoms with Crippen LogP contribution < -0.4 is 0 Å². The second-order valence-corrected chi connectivity index (χ2v) is 14.2. The highest BCUT2D eigenvalue weighted by Crippen LogP contribution is 2.49. The van der Waals surface area contributed by atoms with Gasteiger partial charge >= 0.3 is 0 Å². The molecule has 43 heavy (non-hydrogen) atoms. The SMILES string of the molecule is CCCCCc1c(Br)c(O)c(C2C=CCCC2)c(O)c1Br.CCCCCc1c(Br)c(O)cc(O)c1Br.OC1C=CCCC1. The molecule has 240 valence electrons. The number of allylic oxidation sites excluding steroid dienone is 3. The molecule has 0 spiro atoms. The minimum absolute atomic E-state index is 0.0854. The molecule has 2 aliphatic carbocycles. The lowest BCUT2D eigenvalue weighted by Crippen LogP contribution is -2.04. The zero-order chi connectivity index (χ0) is 31.9. The standard InChI is InChI=1S/C17H22Br2O2.C11H14Br2O2.C6H10O/c1-2-3-5-10-12-14(18)16(20)13(17(21)15(12)19)11-8-6-4-7-9-11;1-2-3-4-5-7-10(12)8(14)6-9(15)11(7)13;7-6-4-2-1-3-5-6/h6,8,11,20-21H,2-5,7,9-10H2,1H3;6,14-15H,2-5H2,1H3;2,4,6-7H,1,3,5H2. The molecular formula is C34H46Br4O5. The Morgan fingerprint density at radius 3 is 1.49 bits per heavy atom. The molecule has 2 aromatic rings. The molecule has 2 atom stereocenters. The first-order valence-corrected chi connectivity index (χ1v) is 18.5. The fourth-order valence-electron chi connectivity index (χ4n) is 5.13. The molecule has 5 nitrogen and oxygen atoms in total. The molecule has 0 saturated carbocycles. The minimum atomic E-state index is -0.145. The summed E-state index contributed by atoms with van der Waals surface area (Å²) in [7, 11) is 0. The number of hydrogen-bond donors (Lipinski definition) is 5. The Bertz CT molecular complexity index is 1170. The van der Waals surface area contributed by atoms with Gasteiger partial charge in [0.15, 0.2) is 0 Å². The molecule has 5 N–H and O–H groups in total. The van der Waals surface area contributed by atoms with Crippen molar-refractivity contribution in [2.24, 2.45) is 0 Å². The van der Waals surface area contributed by atoms with Gasteiger partial charge < -0.3 is 25.5 Å². The van der Waals surface area contributed by atoms with Gasteiger partial charge in [-0.05, 0) is 139 Å². The number of phenolic OH excluding ortho intramolecular Hbond substituents is 4. The van der Waals surface area contributed by atoms with Crippen molar-refractivity contribution in [1.82, 2.24) is 0 Å². The second-order valence-electron chi connectivity index (χ2n) is 11.0. The van der Waals surface area contributed by atoms with E-state index >= 15 is 0 Å². The summed E-state index contributed by atoms with van der Waals surface area (Å²) in [6, 6.07) is 1.33. The van der Waals surface area contributed by atoms with E-state index in [0.29, 0.717) is 14.5 Å². The van der Waals surface area contributed by atoms with Crippen molar-refractivity contribution >= 4 is 63.7 Å². The molecule has 0 aromatic heterocycles. The van der Waals surface area contributed by atoms with Crippen molar-refractivity contribution in [3.05, 3.63) is 65.0 Å². The van der Waals surface area contributed by atoms with E-state index in [2.05, 4.69) is 89.7 Å². The third kappa shape index (κ3) is 11.7. The monoisotopic (exact) mass is 850 g/mol. The van der Waals surface area contributed by atoms with Crippen LogP contribution >= 0.6 is 63.7 Å². The van der Waals surface area contributed by atoms with Crippen LogP contribution in [0.3, 0.4) is 0 Å². The van der Waals surface area contributed by atoms with E-state index in [-0.39, 0.29) is 35.0 Å². The Labute approximate surface area is 291 Å². The van der Waals surface area contributed by atoms with Crippen LogP contribution in [0, 0.1) is 0 Å². The fraction of sp³-hybridized carbons (Fsp3) is 0.529. The summed E-state index contributed by atoms with van der Waals surface area (Å²) in [5.41, 5.74) is 2.53. The van der Waals surface area contributed by atoms with Gasteiger partial charge in [0.1, 0.15) is 23.0 Å². The van der Waals surface area contributed by atoms with E-state index in [1.165, 1.54) is 6.07 Å². The number of unbranched alkanes of at least 4 members (excludes halogenated alkanes) is 4. The zero-order valence-corrected chi connectivity index (χ0v) is 31.5. The lowest BCUT2D eigenvalue weighted by molar-refractivity contribution is 0.204. The predicted molar refractivity (Wildman–Crippen MR) is 192 cm³/mol. The van der Waals surface area contributed by atoms with Crippen LogP contribution in [0.5, 0.6) is 23.0 Å². The van der Waals surface area contributed by atoms with Crippen LogP contribution in [-0.4, -0.2) is 31.6 Å². The average Bonchev–Trinajstić information content (AvgIpc) is 3.00. The van der Waals surface area contributed by atoms with E-state index in [0.717, 1.165) is 110 Å². The van der Waals surface area contributed by atoms with Crippen LogP contribution in [0.4, 0.5) is 0 Å². The van der Waals surface area contributed by atoms with Gasteiger partial charge in [0.05, 0.1) is 24.0 Å². The maximum Gasteiger partial charge on any atom is 0.137 e. The second kappa shape index (κ2) is 20.2. The van der Waals surface area contributed by atoms with Crippen molar-refractivity contribution in [3.8, 4) is 23.0 Å². The fourth-order valence-corrected chi connectivity index (χ4v) is 7.91. The summed E-state index contributed by atoms with van der Waals surface area (Å²) >= 11 is 13.7. The van der Waals surface area contributed by atoms with Gasteiger partial charge in [0.2, 0.25) is 0 Å². The molecule has 9 heteroatoms. The predicted octanol–water partition coefficient (Wildman–Crippen LogP) is 11.6. The molecule has 0 amide bonds. The Balaban J connectivity index is 0.000000254. The number of phenols is 4. The van der Waals surface area contributed by atoms with Crippen LogP contribution in [-0.2, 0) is 12.8 Å². The van der Waals surface area contributed by atoms with Crippen molar-refractivity contribution in [1.29, 1.82) is 0 Å². The van der Waals surface area contributed by atoms with Gasteiger partial charge in [-0.3, -0.25) is 0 Å². The molecule has 0 fully saturated rings. The highest BCUT2D eigenvalue weighted by molar-refractivity contribution is 9.11. The van der Waals surface area contributed by atoms with E-state index in [1.807, 2.05) is 12.2 Å². The number of benzene rings is 2. The Kier molecular flexibility index (Phi) is 17.9. The summed E-state index contributed by atoms with van der Waals surface area (Å²) in [5, 5.41) is 49.0. The number of rotatable bonds is 9. The highest BCUT2D eigenvalue weighted by atomic mass is 79.9. The van der Waals surface area contributed by atoms with Crippen molar-refractivity contribution < 1.29 is 25.5 Å². The Morgan fingerprint density at radius 2 is 1.12 bits per heavy atom. The minimum Gasteiger partial charge on any atom is -0.507 e. The topological polar surface area (TPSA) is 101 Å². The molecule has 0 bridgehead atoms. The largest absolute Gasteiger partial charge is 0.507 e. The van der Waals surface area contributed by atoms with Gasteiger partial charge in [-0.1, -0.05) is 63.8 Å². The third-order valence-electron chi connectivity index (χ3n) is 7.62. The molecular weight excluding hydrogens is 808 g/mol. The first-order valence-electron chi connectivity index (χ1n) is 15.4. The number of aliphatic hydroxyl groups excluding tert-OH is 1. The average molecular weight is 854 g/mol. The van der Waals surface area contributed by atoms with Gasteiger partial charge in [0.25, 0.3) is 0 Å². The molecule has 4 rings (SSSR count). The molecule has 2 unspecified atom stereocenters. The number of halogens is 4. The molecule has 0 radical (unpaired) electrons. The normalized spacial score (nSPS) is 17.6. The molecule has 0 heterocycles. The number of hydrogen-bond acceptors (Lipinski definition) is 5. The maximum atomic E-state index is 10.5. The lowest BCUT2D eigenvalue weighted by atomic mass is 9.87. The van der Waals surface area contributed by atoms with Gasteiger partial charge in [-0.25, -0.2) is 0 Å². The van der Waals surface area contributed by atoms with E-state index in [9.17, 15) is 20.4 Å². The van der Waals surface area contributed by atoms with Crippen LogP contribution in [0.1, 0.15) is 114 Å². The number of aromatic hydroxyl groups is 4. The quantitative estimate of drug-likeness (QED) is 0.128. The van der Waals surface area contributed by atoms with Crippen LogP contribution in [0.15, 0.2) is 48.3 Å². The smallest absolute Gasteiger partial charge is 0.137 e. The zero-order valence-electron chi connectivity index (χ0n) is 25.2. The van der Waals surface area contributed by atoms with Crippen molar-refractivity contribution in [2.45, 2.75) is 116 Å². The Hall–Kier alpha value is -1.00. The molecule has 0 saturated heterocycles. The maximum absolute atomic E-state index is 10.5. The van der Waals surface area contributed by atoms with Gasteiger partial charge in [-0.2, -0.15) is 0 Å². The van der Waals surface area contributed by atoms with E-state index < -0.39 is 0 Å². The number of aliphatic hydroxyl groups is 1.